The quantitative estimate of drug-likeness (QED) is 0.0261. The van der Waals surface area contributed by atoms with Gasteiger partial charge in [0.15, 0.2) is 6.10 Å². The van der Waals surface area contributed by atoms with Crippen LogP contribution in [0.2, 0.25) is 0 Å². The molecule has 0 aromatic rings. The standard InChI is InChI=1S/C73H116O6/c1-4-7-10-13-16-19-22-24-26-28-30-32-33-34-35-36-37-38-39-41-42-44-46-48-51-54-57-60-63-66-72(75)78-69-70(68-77-71(74)65-62-59-56-53-50-21-18-15-12-9-6-3)79-73(76)67-64-61-58-55-52-49-47-45-43-40-31-29-27-25-23-20-17-14-11-8-5-2/h7-8,10-11,16-17,19-20,24-27,30-32,34-35,37-38,40-42,46,48,54,57,70H,4-6,9,12-15,18,21-23,28-29,33,36,39,43-45,47,49-53,55-56,58-69H2,1-3H3/b10-7-,11-8-,19-16-,20-17-,26-24-,27-25-,32-30-,35-34-,38-37-,40-31-,42-41-,48-46-,57-54-. The number of carbonyl (C=O) groups excluding carboxylic acids is 3. The molecule has 0 aliphatic carbocycles. The molecule has 6 heteroatoms. The molecule has 0 aromatic carbocycles. The van der Waals surface area contributed by atoms with E-state index in [1.54, 1.807) is 0 Å². The lowest BCUT2D eigenvalue weighted by atomic mass is 10.1. The number of allylic oxidation sites excluding steroid dienone is 26. The van der Waals surface area contributed by atoms with Crippen LogP contribution in [0.5, 0.6) is 0 Å². The van der Waals surface area contributed by atoms with Crippen molar-refractivity contribution in [3.05, 3.63) is 158 Å². The fourth-order valence-corrected chi connectivity index (χ4v) is 8.32. The van der Waals surface area contributed by atoms with Crippen molar-refractivity contribution in [2.75, 3.05) is 13.2 Å². The summed E-state index contributed by atoms with van der Waals surface area (Å²) in [4.78, 5) is 38.2. The van der Waals surface area contributed by atoms with Crippen molar-refractivity contribution in [1.29, 1.82) is 0 Å². The molecule has 0 heterocycles. The van der Waals surface area contributed by atoms with Crippen LogP contribution in [0, 0.1) is 0 Å². The average molecular weight is 1090 g/mol. The Bertz CT molecular complexity index is 1780. The first-order chi connectivity index (χ1) is 39.0. The topological polar surface area (TPSA) is 78.9 Å². The monoisotopic (exact) mass is 1090 g/mol. The van der Waals surface area contributed by atoms with E-state index in [4.69, 9.17) is 14.2 Å². The largest absolute Gasteiger partial charge is 0.462 e. The Hall–Kier alpha value is -4.97. The molecular weight excluding hydrogens is 973 g/mol. The van der Waals surface area contributed by atoms with Gasteiger partial charge in [0, 0.05) is 19.3 Å². The van der Waals surface area contributed by atoms with Crippen molar-refractivity contribution in [3.8, 4) is 0 Å². The predicted octanol–water partition coefficient (Wildman–Crippen LogP) is 22.1. The number of hydrogen-bond donors (Lipinski definition) is 0. The molecule has 0 radical (unpaired) electrons. The predicted molar refractivity (Wildman–Crippen MR) is 343 cm³/mol. The van der Waals surface area contributed by atoms with Gasteiger partial charge in [-0.25, -0.2) is 0 Å². The molecule has 444 valence electrons. The minimum atomic E-state index is -0.812. The van der Waals surface area contributed by atoms with Crippen molar-refractivity contribution >= 4 is 17.9 Å². The minimum absolute atomic E-state index is 0.103. The molecule has 6 nitrogen and oxygen atoms in total. The van der Waals surface area contributed by atoms with Gasteiger partial charge < -0.3 is 14.2 Å². The summed E-state index contributed by atoms with van der Waals surface area (Å²) in [5.74, 6) is -0.977. The summed E-state index contributed by atoms with van der Waals surface area (Å²) in [6, 6.07) is 0. The number of unbranched alkanes of at least 4 members (excludes halogenated alkanes) is 19. The summed E-state index contributed by atoms with van der Waals surface area (Å²) >= 11 is 0. The zero-order chi connectivity index (χ0) is 57.1. The molecule has 0 aromatic heterocycles. The van der Waals surface area contributed by atoms with Crippen molar-refractivity contribution in [2.24, 2.45) is 0 Å². The number of esters is 3. The highest BCUT2D eigenvalue weighted by Gasteiger charge is 2.19. The maximum atomic E-state index is 12.9. The van der Waals surface area contributed by atoms with Crippen LogP contribution in [0.15, 0.2) is 158 Å². The van der Waals surface area contributed by atoms with Crippen LogP contribution in [0.1, 0.15) is 265 Å². The Morgan fingerprint density at radius 3 is 0.823 bits per heavy atom. The van der Waals surface area contributed by atoms with E-state index < -0.39 is 6.10 Å². The molecule has 0 bridgehead atoms. The SMILES string of the molecule is CC/C=C\C/C=C\C/C=C\C/C=C\C/C=C\C/C=C\C/C=C\C/C=C\C/C=C\CCCC(=O)OCC(COC(=O)CCCCCCCCCCCCC)OC(=O)CCCCCCCCCC/C=C\C/C=C\C/C=C\C/C=C\CC. The fourth-order valence-electron chi connectivity index (χ4n) is 8.32. The van der Waals surface area contributed by atoms with Crippen LogP contribution in [-0.2, 0) is 28.6 Å². The summed E-state index contributed by atoms with van der Waals surface area (Å²) < 4.78 is 16.8. The Morgan fingerprint density at radius 2 is 0.506 bits per heavy atom. The Labute approximate surface area is 486 Å². The summed E-state index contributed by atoms with van der Waals surface area (Å²) in [5.41, 5.74) is 0. The molecule has 1 atom stereocenters. The zero-order valence-corrected chi connectivity index (χ0v) is 50.8. The molecule has 1 unspecified atom stereocenters. The second-order valence-electron chi connectivity index (χ2n) is 20.6. The molecule has 0 saturated heterocycles. The van der Waals surface area contributed by atoms with Crippen molar-refractivity contribution in [2.45, 2.75) is 271 Å². The van der Waals surface area contributed by atoms with Crippen LogP contribution in [-0.4, -0.2) is 37.2 Å². The second kappa shape index (κ2) is 65.5. The van der Waals surface area contributed by atoms with E-state index in [0.717, 1.165) is 135 Å². The minimum Gasteiger partial charge on any atom is -0.462 e. The van der Waals surface area contributed by atoms with E-state index >= 15 is 0 Å². The zero-order valence-electron chi connectivity index (χ0n) is 50.8. The number of carbonyl (C=O) groups is 3. The Morgan fingerprint density at radius 1 is 0.266 bits per heavy atom. The van der Waals surface area contributed by atoms with Crippen molar-refractivity contribution in [3.63, 3.8) is 0 Å². The van der Waals surface area contributed by atoms with E-state index in [0.29, 0.717) is 19.3 Å². The molecule has 0 fully saturated rings. The highest BCUT2D eigenvalue weighted by atomic mass is 16.6. The van der Waals surface area contributed by atoms with Crippen LogP contribution < -0.4 is 0 Å². The Kier molecular flexibility index (Phi) is 61.4. The molecule has 0 spiro atoms. The van der Waals surface area contributed by atoms with Gasteiger partial charge in [-0.3, -0.25) is 14.4 Å². The third-order valence-electron chi connectivity index (χ3n) is 13.0. The normalized spacial score (nSPS) is 13.2. The first-order valence-electron chi connectivity index (χ1n) is 32.0. The van der Waals surface area contributed by atoms with Gasteiger partial charge in [0.2, 0.25) is 0 Å². The third kappa shape index (κ3) is 63.7. The molecule has 0 rings (SSSR count). The molecule has 79 heavy (non-hydrogen) atoms. The lowest BCUT2D eigenvalue weighted by Crippen LogP contribution is -2.30. The molecule has 0 aliphatic heterocycles. The molecule has 0 N–H and O–H groups in total. The number of hydrogen-bond acceptors (Lipinski definition) is 6. The maximum absolute atomic E-state index is 12.9. The van der Waals surface area contributed by atoms with Gasteiger partial charge in [-0.05, 0) is 122 Å². The lowest BCUT2D eigenvalue weighted by Gasteiger charge is -2.18. The van der Waals surface area contributed by atoms with Crippen LogP contribution in [0.4, 0.5) is 0 Å². The maximum Gasteiger partial charge on any atom is 0.306 e. The lowest BCUT2D eigenvalue weighted by molar-refractivity contribution is -0.167. The van der Waals surface area contributed by atoms with E-state index in [1.807, 2.05) is 0 Å². The Balaban J connectivity index is 4.43. The average Bonchev–Trinajstić information content (AvgIpc) is 3.45. The van der Waals surface area contributed by atoms with Crippen molar-refractivity contribution in [1.82, 2.24) is 0 Å². The molecule has 0 amide bonds. The van der Waals surface area contributed by atoms with E-state index in [-0.39, 0.29) is 37.5 Å². The summed E-state index contributed by atoms with van der Waals surface area (Å²) in [6.07, 6.45) is 95.4. The molecule has 0 saturated carbocycles. The highest BCUT2D eigenvalue weighted by molar-refractivity contribution is 5.71. The fraction of sp³-hybridized carbons (Fsp3) is 0.603. The molecule has 0 aliphatic rings. The summed E-state index contributed by atoms with van der Waals surface area (Å²) in [6.45, 7) is 6.35. The van der Waals surface area contributed by atoms with Gasteiger partial charge >= 0.3 is 17.9 Å². The first-order valence-corrected chi connectivity index (χ1v) is 32.0. The van der Waals surface area contributed by atoms with Crippen LogP contribution >= 0.6 is 0 Å². The van der Waals surface area contributed by atoms with Gasteiger partial charge in [-0.1, -0.05) is 281 Å². The van der Waals surface area contributed by atoms with Gasteiger partial charge in [0.1, 0.15) is 13.2 Å². The van der Waals surface area contributed by atoms with E-state index in [1.165, 1.54) is 83.5 Å². The third-order valence-corrected chi connectivity index (χ3v) is 13.0. The number of ether oxygens (including phenoxy) is 3. The van der Waals surface area contributed by atoms with E-state index in [9.17, 15) is 14.4 Å². The summed E-state index contributed by atoms with van der Waals surface area (Å²) in [7, 11) is 0. The van der Waals surface area contributed by atoms with Crippen LogP contribution in [0.3, 0.4) is 0 Å². The van der Waals surface area contributed by atoms with E-state index in [2.05, 4.69) is 179 Å². The summed E-state index contributed by atoms with van der Waals surface area (Å²) in [5, 5.41) is 0. The van der Waals surface area contributed by atoms with Crippen LogP contribution in [0.25, 0.3) is 0 Å². The molecular formula is C73H116O6. The van der Waals surface area contributed by atoms with Gasteiger partial charge in [-0.15, -0.1) is 0 Å². The van der Waals surface area contributed by atoms with Gasteiger partial charge in [-0.2, -0.15) is 0 Å². The van der Waals surface area contributed by atoms with Gasteiger partial charge in [0.25, 0.3) is 0 Å². The number of rotatable bonds is 56. The van der Waals surface area contributed by atoms with Crippen molar-refractivity contribution < 1.29 is 28.6 Å². The second-order valence-corrected chi connectivity index (χ2v) is 20.6. The smallest absolute Gasteiger partial charge is 0.306 e. The first kappa shape index (κ1) is 74.0. The van der Waals surface area contributed by atoms with Gasteiger partial charge in [0.05, 0.1) is 0 Å². The highest BCUT2D eigenvalue weighted by Crippen LogP contribution is 2.15.